The lowest BCUT2D eigenvalue weighted by atomic mass is 9.77. The molecule has 1 aliphatic carbocycles. The first-order valence-corrected chi connectivity index (χ1v) is 18.8. The van der Waals surface area contributed by atoms with E-state index in [-0.39, 0.29) is 5.04 Å². The summed E-state index contributed by atoms with van der Waals surface area (Å²) < 4.78 is 9.64. The standard InChI is InChI=1S/C43H44N2OSi/c1-42(2,3)47(40-25-15-7-16-26-40,41-27-17-8-18-28-41)46-32-35-29-34(35)30-39-31-45(33-44-39)43(36-19-9-4-10-20-36,37-21-11-5-12-22-37)38-23-13-6-14-24-38/h4-28,31,33-35H,29-30,32H2,1-3H3/t34-,35-/m1/s1. The molecule has 1 aliphatic rings. The molecule has 1 aromatic heterocycles. The van der Waals surface area contributed by atoms with Crippen molar-refractivity contribution in [1.29, 1.82) is 0 Å². The molecule has 0 spiro atoms. The minimum Gasteiger partial charge on any atom is -0.407 e. The van der Waals surface area contributed by atoms with Gasteiger partial charge in [0.1, 0.15) is 5.54 Å². The van der Waals surface area contributed by atoms with Crippen LogP contribution < -0.4 is 10.4 Å². The Kier molecular flexibility index (Phi) is 8.57. The van der Waals surface area contributed by atoms with Crippen molar-refractivity contribution in [3.63, 3.8) is 0 Å². The van der Waals surface area contributed by atoms with Gasteiger partial charge in [0, 0.05) is 12.8 Å². The highest BCUT2D eigenvalue weighted by atomic mass is 28.4. The van der Waals surface area contributed by atoms with Crippen molar-refractivity contribution in [3.8, 4) is 0 Å². The molecule has 4 heteroatoms. The van der Waals surface area contributed by atoms with Gasteiger partial charge in [-0.15, -0.1) is 0 Å². The molecule has 47 heavy (non-hydrogen) atoms. The Bertz CT molecular complexity index is 1730. The van der Waals surface area contributed by atoms with Gasteiger partial charge in [0.2, 0.25) is 0 Å². The van der Waals surface area contributed by atoms with Crippen LogP contribution >= 0.6 is 0 Å². The maximum atomic E-state index is 7.30. The molecule has 0 unspecified atom stereocenters. The Hall–Kier alpha value is -4.51. The molecule has 1 saturated carbocycles. The third-order valence-electron chi connectivity index (χ3n) is 10.1. The van der Waals surface area contributed by atoms with Gasteiger partial charge in [-0.2, -0.15) is 0 Å². The van der Waals surface area contributed by atoms with Crippen LogP contribution in [-0.4, -0.2) is 24.5 Å². The molecule has 0 N–H and O–H groups in total. The van der Waals surface area contributed by atoms with Crippen LogP contribution in [-0.2, 0) is 16.4 Å². The summed E-state index contributed by atoms with van der Waals surface area (Å²) in [6.45, 7) is 7.85. The molecule has 2 atom stereocenters. The van der Waals surface area contributed by atoms with Crippen molar-refractivity contribution in [3.05, 3.63) is 187 Å². The Morgan fingerprint density at radius 3 is 1.47 bits per heavy atom. The van der Waals surface area contributed by atoms with Crippen molar-refractivity contribution in [2.45, 2.75) is 44.2 Å². The van der Waals surface area contributed by atoms with Gasteiger partial charge in [0.05, 0.1) is 12.0 Å². The number of imidazole rings is 1. The van der Waals surface area contributed by atoms with Gasteiger partial charge in [-0.05, 0) is 56.8 Å². The van der Waals surface area contributed by atoms with Gasteiger partial charge in [-0.1, -0.05) is 172 Å². The van der Waals surface area contributed by atoms with Gasteiger partial charge in [0.25, 0.3) is 8.32 Å². The monoisotopic (exact) mass is 632 g/mol. The molecular weight excluding hydrogens is 589 g/mol. The van der Waals surface area contributed by atoms with E-state index >= 15 is 0 Å². The minimum atomic E-state index is -2.55. The summed E-state index contributed by atoms with van der Waals surface area (Å²) in [6.07, 6.45) is 6.45. The van der Waals surface area contributed by atoms with E-state index in [9.17, 15) is 0 Å². The van der Waals surface area contributed by atoms with Crippen LogP contribution in [0.15, 0.2) is 164 Å². The summed E-state index contributed by atoms with van der Waals surface area (Å²) in [5, 5.41) is 2.66. The smallest absolute Gasteiger partial charge is 0.261 e. The maximum Gasteiger partial charge on any atom is 0.261 e. The van der Waals surface area contributed by atoms with E-state index in [0.29, 0.717) is 11.8 Å². The lowest BCUT2D eigenvalue weighted by Gasteiger charge is -2.43. The lowest BCUT2D eigenvalue weighted by Crippen LogP contribution is -2.66. The number of aromatic nitrogens is 2. The van der Waals surface area contributed by atoms with Crippen molar-refractivity contribution in [2.75, 3.05) is 6.61 Å². The fourth-order valence-corrected chi connectivity index (χ4v) is 12.3. The molecule has 6 aromatic rings. The number of rotatable bonds is 11. The van der Waals surface area contributed by atoms with Crippen LogP contribution in [0.3, 0.4) is 0 Å². The first-order chi connectivity index (χ1) is 22.9. The summed E-state index contributed by atoms with van der Waals surface area (Å²) in [4.78, 5) is 5.05. The molecule has 7 rings (SSSR count). The van der Waals surface area contributed by atoms with Crippen molar-refractivity contribution >= 4 is 18.7 Å². The first kappa shape index (κ1) is 31.1. The number of hydrogen-bond acceptors (Lipinski definition) is 2. The molecule has 1 fully saturated rings. The van der Waals surface area contributed by atoms with Gasteiger partial charge in [-0.25, -0.2) is 4.98 Å². The quantitative estimate of drug-likeness (QED) is 0.106. The normalized spacial score (nSPS) is 16.6. The Balaban J connectivity index is 1.17. The number of benzene rings is 5. The average Bonchev–Trinajstić information content (AvgIpc) is 3.69. The van der Waals surface area contributed by atoms with E-state index in [1.165, 1.54) is 33.5 Å². The summed E-state index contributed by atoms with van der Waals surface area (Å²) >= 11 is 0. The molecule has 0 radical (unpaired) electrons. The van der Waals surface area contributed by atoms with E-state index in [1.807, 2.05) is 6.33 Å². The largest absolute Gasteiger partial charge is 0.407 e. The Morgan fingerprint density at radius 2 is 1.04 bits per heavy atom. The summed E-state index contributed by atoms with van der Waals surface area (Å²) in [5.41, 5.74) is 4.23. The van der Waals surface area contributed by atoms with Crippen molar-refractivity contribution in [1.82, 2.24) is 9.55 Å². The Labute approximate surface area is 281 Å². The van der Waals surface area contributed by atoms with E-state index in [1.54, 1.807) is 0 Å². The van der Waals surface area contributed by atoms with Crippen LogP contribution in [0.1, 0.15) is 49.6 Å². The number of nitrogens with zero attached hydrogens (tertiary/aromatic N) is 2. The van der Waals surface area contributed by atoms with Gasteiger partial charge < -0.3 is 8.99 Å². The van der Waals surface area contributed by atoms with Crippen LogP contribution in [0.2, 0.25) is 5.04 Å². The van der Waals surface area contributed by atoms with Crippen LogP contribution in [0.4, 0.5) is 0 Å². The van der Waals surface area contributed by atoms with Crippen LogP contribution in [0, 0.1) is 11.8 Å². The second-order valence-corrected chi connectivity index (χ2v) is 18.3. The lowest BCUT2D eigenvalue weighted by molar-refractivity contribution is 0.274. The second-order valence-electron chi connectivity index (χ2n) is 14.0. The maximum absolute atomic E-state index is 7.30. The molecule has 236 valence electrons. The second kappa shape index (κ2) is 12.9. The zero-order chi connectivity index (χ0) is 32.3. The fraction of sp³-hybridized carbons (Fsp3) is 0.233. The zero-order valence-corrected chi connectivity index (χ0v) is 28.7. The van der Waals surface area contributed by atoms with Crippen LogP contribution in [0.5, 0.6) is 0 Å². The zero-order valence-electron chi connectivity index (χ0n) is 27.7. The molecular formula is C43H44N2OSi. The van der Waals surface area contributed by atoms with E-state index < -0.39 is 13.9 Å². The molecule has 5 aromatic carbocycles. The summed E-state index contributed by atoms with van der Waals surface area (Å²) in [5.74, 6) is 1.10. The summed E-state index contributed by atoms with van der Waals surface area (Å²) in [6, 6.07) is 54.4. The first-order valence-electron chi connectivity index (χ1n) is 16.9. The van der Waals surface area contributed by atoms with Crippen molar-refractivity contribution < 1.29 is 4.43 Å². The molecule has 0 amide bonds. The predicted octanol–water partition coefficient (Wildman–Crippen LogP) is 8.48. The van der Waals surface area contributed by atoms with Gasteiger partial charge in [-0.3, -0.25) is 0 Å². The minimum absolute atomic E-state index is 0.0193. The SMILES string of the molecule is CC(C)(C)[Si](OC[C@H]1C[C@@H]1Cc1cn(C(c2ccccc2)(c2ccccc2)c2ccccc2)cn1)(c1ccccc1)c1ccccc1. The van der Waals surface area contributed by atoms with Crippen molar-refractivity contribution in [2.24, 2.45) is 11.8 Å². The molecule has 1 heterocycles. The fourth-order valence-electron chi connectivity index (χ4n) is 7.66. The Morgan fingerprint density at radius 1 is 0.617 bits per heavy atom. The topological polar surface area (TPSA) is 27.1 Å². The van der Waals surface area contributed by atoms with E-state index in [4.69, 9.17) is 9.41 Å². The molecule has 0 aliphatic heterocycles. The highest BCUT2D eigenvalue weighted by Gasteiger charge is 2.51. The van der Waals surface area contributed by atoms with Crippen LogP contribution in [0.25, 0.3) is 0 Å². The third kappa shape index (κ3) is 5.81. The molecule has 0 bridgehead atoms. The third-order valence-corrected chi connectivity index (χ3v) is 15.1. The van der Waals surface area contributed by atoms with E-state index in [2.05, 4.69) is 183 Å². The molecule has 3 nitrogen and oxygen atoms in total. The van der Waals surface area contributed by atoms with Gasteiger partial charge in [0.15, 0.2) is 0 Å². The predicted molar refractivity (Wildman–Crippen MR) is 196 cm³/mol. The highest BCUT2D eigenvalue weighted by Crippen LogP contribution is 2.45. The highest BCUT2D eigenvalue weighted by molar-refractivity contribution is 6.99. The average molecular weight is 633 g/mol. The molecule has 0 saturated heterocycles. The van der Waals surface area contributed by atoms with Gasteiger partial charge >= 0.3 is 0 Å². The van der Waals surface area contributed by atoms with E-state index in [0.717, 1.165) is 18.7 Å². The number of hydrogen-bond donors (Lipinski definition) is 0. The summed E-state index contributed by atoms with van der Waals surface area (Å²) in [7, 11) is -2.55.